The van der Waals surface area contributed by atoms with E-state index in [0.717, 1.165) is 54.7 Å². The second-order valence-corrected chi connectivity index (χ2v) is 7.31. The lowest BCUT2D eigenvalue weighted by Crippen LogP contribution is -2.36. The van der Waals surface area contributed by atoms with Crippen LogP contribution in [0, 0.1) is 0 Å². The van der Waals surface area contributed by atoms with Gasteiger partial charge in [0.25, 0.3) is 0 Å². The number of ether oxygens (including phenoxy) is 1. The lowest BCUT2D eigenvalue weighted by Gasteiger charge is -2.28. The summed E-state index contributed by atoms with van der Waals surface area (Å²) in [6.45, 7) is 5.55. The topological polar surface area (TPSA) is 66.7 Å². The van der Waals surface area contributed by atoms with Crippen LogP contribution in [0.15, 0.2) is 61.2 Å². The summed E-state index contributed by atoms with van der Waals surface area (Å²) in [5, 5.41) is 6.72. The van der Waals surface area contributed by atoms with Gasteiger partial charge in [0.15, 0.2) is 11.5 Å². The van der Waals surface area contributed by atoms with Gasteiger partial charge in [-0.25, -0.2) is 9.97 Å². The van der Waals surface area contributed by atoms with Crippen LogP contribution in [0.4, 0.5) is 17.2 Å². The van der Waals surface area contributed by atoms with E-state index < -0.39 is 0 Å². The monoisotopic (exact) mass is 388 g/mol. The first-order valence-corrected chi connectivity index (χ1v) is 9.94. The summed E-state index contributed by atoms with van der Waals surface area (Å²) in [5.74, 6) is 0.743. The Bertz CT molecular complexity index is 1060. The highest BCUT2D eigenvalue weighted by Gasteiger charge is 2.14. The summed E-state index contributed by atoms with van der Waals surface area (Å²) in [7, 11) is 0. The number of fused-ring (bicyclic) bond motifs is 1. The number of morpholine rings is 1. The first-order valence-electron chi connectivity index (χ1n) is 9.94. The molecule has 1 aromatic carbocycles. The molecule has 148 valence electrons. The van der Waals surface area contributed by atoms with Gasteiger partial charge in [-0.05, 0) is 43.5 Å². The molecule has 29 heavy (non-hydrogen) atoms. The SMILES string of the molecule is CC1C=C(c2cn3ccnc3c(Nc3ccc(N4CCOCC4)cc3)n2)C=CN1. The second kappa shape index (κ2) is 7.60. The maximum Gasteiger partial charge on any atom is 0.180 e. The molecule has 5 rings (SSSR count). The number of allylic oxidation sites excluding steroid dienone is 2. The summed E-state index contributed by atoms with van der Waals surface area (Å²) in [6.07, 6.45) is 11.9. The van der Waals surface area contributed by atoms with Gasteiger partial charge in [0.2, 0.25) is 0 Å². The highest BCUT2D eigenvalue weighted by atomic mass is 16.5. The van der Waals surface area contributed by atoms with E-state index in [1.807, 2.05) is 29.1 Å². The molecule has 4 heterocycles. The third-order valence-corrected chi connectivity index (χ3v) is 5.23. The van der Waals surface area contributed by atoms with Gasteiger partial charge in [0.05, 0.1) is 18.9 Å². The summed E-state index contributed by atoms with van der Waals surface area (Å²) in [5.41, 5.74) is 5.01. The van der Waals surface area contributed by atoms with Gasteiger partial charge in [-0.15, -0.1) is 0 Å². The van der Waals surface area contributed by atoms with Crippen molar-refractivity contribution in [2.75, 3.05) is 36.5 Å². The Morgan fingerprint density at radius 1 is 1.17 bits per heavy atom. The Labute approximate surface area is 169 Å². The van der Waals surface area contributed by atoms with Gasteiger partial charge in [0.1, 0.15) is 0 Å². The summed E-state index contributed by atoms with van der Waals surface area (Å²) in [6, 6.07) is 8.73. The smallest absolute Gasteiger partial charge is 0.180 e. The lowest BCUT2D eigenvalue weighted by atomic mass is 10.1. The standard InChI is InChI=1S/C22H24N6O/c1-16-14-17(6-7-23-16)20-15-28-9-8-24-22(28)21(26-20)25-18-2-4-19(5-3-18)27-10-12-29-13-11-27/h2-9,14-16,23H,10-13H2,1H3,(H,25,26). The van der Waals surface area contributed by atoms with Crippen molar-refractivity contribution in [3.63, 3.8) is 0 Å². The van der Waals surface area contributed by atoms with Crippen LogP contribution >= 0.6 is 0 Å². The molecule has 0 radical (unpaired) electrons. The van der Waals surface area contributed by atoms with Crippen molar-refractivity contribution in [2.24, 2.45) is 0 Å². The van der Waals surface area contributed by atoms with Crippen molar-refractivity contribution < 1.29 is 4.74 Å². The molecule has 1 atom stereocenters. The molecule has 1 unspecified atom stereocenters. The fourth-order valence-electron chi connectivity index (χ4n) is 3.70. The van der Waals surface area contributed by atoms with Crippen molar-refractivity contribution in [3.05, 3.63) is 66.9 Å². The van der Waals surface area contributed by atoms with Crippen molar-refractivity contribution in [3.8, 4) is 0 Å². The van der Waals surface area contributed by atoms with Crippen LogP contribution in [-0.4, -0.2) is 46.7 Å². The molecule has 2 aliphatic heterocycles. The number of hydrogen-bond acceptors (Lipinski definition) is 6. The molecule has 2 aliphatic rings. The largest absolute Gasteiger partial charge is 0.385 e. The van der Waals surface area contributed by atoms with Gasteiger partial charge in [-0.3, -0.25) is 0 Å². The Balaban J connectivity index is 1.44. The fourth-order valence-corrected chi connectivity index (χ4v) is 3.70. The molecular weight excluding hydrogens is 364 g/mol. The minimum Gasteiger partial charge on any atom is -0.385 e. The minimum atomic E-state index is 0.277. The number of hydrogen-bond donors (Lipinski definition) is 2. The molecule has 0 amide bonds. The maximum atomic E-state index is 5.44. The van der Waals surface area contributed by atoms with Gasteiger partial charge < -0.3 is 24.7 Å². The van der Waals surface area contributed by atoms with Crippen LogP contribution in [-0.2, 0) is 4.74 Å². The molecule has 3 aromatic rings. The summed E-state index contributed by atoms with van der Waals surface area (Å²) >= 11 is 0. The van der Waals surface area contributed by atoms with Gasteiger partial charge in [-0.2, -0.15) is 0 Å². The van der Waals surface area contributed by atoms with Gasteiger partial charge >= 0.3 is 0 Å². The van der Waals surface area contributed by atoms with Crippen LogP contribution in [0.25, 0.3) is 11.2 Å². The summed E-state index contributed by atoms with van der Waals surface area (Å²) in [4.78, 5) is 11.7. The van der Waals surface area contributed by atoms with Crippen LogP contribution in [0.2, 0.25) is 0 Å². The van der Waals surface area contributed by atoms with E-state index in [0.29, 0.717) is 0 Å². The van der Waals surface area contributed by atoms with Crippen molar-refractivity contribution in [1.29, 1.82) is 0 Å². The molecule has 7 nitrogen and oxygen atoms in total. The highest BCUT2D eigenvalue weighted by Crippen LogP contribution is 2.26. The number of anilines is 3. The lowest BCUT2D eigenvalue weighted by molar-refractivity contribution is 0.122. The van der Waals surface area contributed by atoms with Crippen molar-refractivity contribution in [2.45, 2.75) is 13.0 Å². The first-order chi connectivity index (χ1) is 14.3. The predicted octanol–water partition coefficient (Wildman–Crippen LogP) is 3.20. The molecule has 7 heteroatoms. The Kier molecular flexibility index (Phi) is 4.65. The van der Waals surface area contributed by atoms with Crippen LogP contribution < -0.4 is 15.5 Å². The Morgan fingerprint density at radius 3 is 2.79 bits per heavy atom. The number of aromatic nitrogens is 3. The van der Waals surface area contributed by atoms with E-state index >= 15 is 0 Å². The quantitative estimate of drug-likeness (QED) is 0.716. The zero-order valence-corrected chi connectivity index (χ0v) is 16.4. The molecule has 2 N–H and O–H groups in total. The van der Waals surface area contributed by atoms with Crippen LogP contribution in [0.5, 0.6) is 0 Å². The van der Waals surface area contributed by atoms with E-state index in [2.05, 4.69) is 57.8 Å². The minimum absolute atomic E-state index is 0.277. The molecule has 1 fully saturated rings. The first kappa shape index (κ1) is 17.8. The second-order valence-electron chi connectivity index (χ2n) is 7.31. The normalized spacial score (nSPS) is 19.1. The number of dihydropyridines is 1. The van der Waals surface area contributed by atoms with Gasteiger partial charge in [-0.1, -0.05) is 6.08 Å². The van der Waals surface area contributed by atoms with E-state index in [9.17, 15) is 0 Å². The van der Waals surface area contributed by atoms with E-state index in [1.165, 1.54) is 5.69 Å². The van der Waals surface area contributed by atoms with Crippen LogP contribution in [0.3, 0.4) is 0 Å². The molecule has 0 bridgehead atoms. The molecule has 0 saturated carbocycles. The Hall–Kier alpha value is -3.32. The molecule has 0 spiro atoms. The average molecular weight is 388 g/mol. The number of nitrogens with one attached hydrogen (secondary N) is 2. The third-order valence-electron chi connectivity index (χ3n) is 5.23. The van der Waals surface area contributed by atoms with E-state index in [4.69, 9.17) is 9.72 Å². The van der Waals surface area contributed by atoms with Crippen molar-refractivity contribution in [1.82, 2.24) is 19.7 Å². The van der Waals surface area contributed by atoms with E-state index in [1.54, 1.807) is 6.20 Å². The van der Waals surface area contributed by atoms with Crippen molar-refractivity contribution >= 4 is 28.4 Å². The molecule has 1 saturated heterocycles. The van der Waals surface area contributed by atoms with E-state index in [-0.39, 0.29) is 6.04 Å². The number of benzene rings is 1. The number of imidazole rings is 1. The summed E-state index contributed by atoms with van der Waals surface area (Å²) < 4.78 is 7.45. The molecule has 0 aliphatic carbocycles. The zero-order chi connectivity index (χ0) is 19.6. The molecular formula is C22H24N6O. The number of nitrogens with zero attached hydrogens (tertiary/aromatic N) is 4. The predicted molar refractivity (Wildman–Crippen MR) is 115 cm³/mol. The average Bonchev–Trinajstić information content (AvgIpc) is 3.24. The number of rotatable bonds is 4. The van der Waals surface area contributed by atoms with Crippen LogP contribution in [0.1, 0.15) is 12.6 Å². The third kappa shape index (κ3) is 3.69. The molecule has 2 aromatic heterocycles. The highest BCUT2D eigenvalue weighted by molar-refractivity contribution is 5.77. The Morgan fingerprint density at radius 2 is 2.00 bits per heavy atom. The zero-order valence-electron chi connectivity index (χ0n) is 16.4. The van der Waals surface area contributed by atoms with Gasteiger partial charge in [0, 0.05) is 54.7 Å². The maximum absolute atomic E-state index is 5.44. The fraction of sp³-hybridized carbons (Fsp3) is 0.273.